The van der Waals surface area contributed by atoms with Crippen LogP contribution in [0.2, 0.25) is 0 Å². The summed E-state index contributed by atoms with van der Waals surface area (Å²) in [5.74, 6) is 0.492. The number of nitrogens with zero attached hydrogens (tertiary/aromatic N) is 7. The average Bonchev–Trinajstić information content (AvgIpc) is 3.57. The van der Waals surface area contributed by atoms with Gasteiger partial charge in [-0.25, -0.2) is 19.9 Å². The molecule has 0 aliphatic carbocycles. The monoisotopic (exact) mass is 483 g/mol. The summed E-state index contributed by atoms with van der Waals surface area (Å²) >= 11 is 0. The number of morpholine rings is 1. The van der Waals surface area contributed by atoms with Crippen LogP contribution in [0.5, 0.6) is 0 Å². The summed E-state index contributed by atoms with van der Waals surface area (Å²) in [6.07, 6.45) is 6.82. The van der Waals surface area contributed by atoms with Gasteiger partial charge in [-0.1, -0.05) is 18.2 Å². The molecule has 2 N–H and O–H groups in total. The van der Waals surface area contributed by atoms with E-state index in [0.717, 1.165) is 27.6 Å². The number of imidazole rings is 1. The van der Waals surface area contributed by atoms with E-state index in [2.05, 4.69) is 30.4 Å². The Morgan fingerprint density at radius 1 is 1.19 bits per heavy atom. The van der Waals surface area contributed by atoms with Crippen LogP contribution in [-0.2, 0) is 11.8 Å². The van der Waals surface area contributed by atoms with Crippen molar-refractivity contribution in [3.05, 3.63) is 60.7 Å². The summed E-state index contributed by atoms with van der Waals surface area (Å²) in [5.41, 5.74) is 4.30. The Morgan fingerprint density at radius 2 is 2.06 bits per heavy atom. The Kier molecular flexibility index (Phi) is 5.53. The van der Waals surface area contributed by atoms with Crippen LogP contribution in [0.3, 0.4) is 0 Å². The Bertz CT molecular complexity index is 1570. The zero-order valence-corrected chi connectivity index (χ0v) is 20.0. The molecule has 1 aromatic carbocycles. The third-order valence-electron chi connectivity index (χ3n) is 6.41. The number of aromatic nitrogens is 7. The highest BCUT2D eigenvalue weighted by Crippen LogP contribution is 2.33. The second kappa shape index (κ2) is 9.00. The van der Waals surface area contributed by atoms with Crippen LogP contribution in [0.15, 0.2) is 49.3 Å². The molecule has 1 amide bonds. The molecule has 0 bridgehead atoms. The van der Waals surface area contributed by atoms with E-state index in [1.807, 2.05) is 49.3 Å². The van der Waals surface area contributed by atoms with Crippen molar-refractivity contribution in [3.8, 4) is 11.1 Å². The lowest BCUT2D eigenvalue weighted by Gasteiger charge is -2.27. The minimum atomic E-state index is -0.248. The molecule has 5 aromatic rings. The molecule has 0 spiro atoms. The highest BCUT2D eigenvalue weighted by molar-refractivity contribution is 6.11. The zero-order valence-electron chi connectivity index (χ0n) is 20.0. The molecule has 1 fully saturated rings. The first-order valence-corrected chi connectivity index (χ1v) is 11.8. The topological polar surface area (TPSA) is 127 Å². The number of hydrogen-bond donors (Lipinski definition) is 2. The third kappa shape index (κ3) is 3.93. The minimum absolute atomic E-state index is 0.106. The second-order valence-electron chi connectivity index (χ2n) is 8.79. The zero-order chi connectivity index (χ0) is 24.6. The molecule has 5 heterocycles. The lowest BCUT2D eigenvalue weighted by Crippen LogP contribution is -2.41. The van der Waals surface area contributed by atoms with Crippen LogP contribution in [0, 0.1) is 0 Å². The Labute approximate surface area is 206 Å². The molecule has 11 nitrogen and oxygen atoms in total. The van der Waals surface area contributed by atoms with Crippen molar-refractivity contribution in [2.75, 3.05) is 31.6 Å². The van der Waals surface area contributed by atoms with Gasteiger partial charge in [0.15, 0.2) is 11.5 Å². The number of benzene rings is 1. The molecule has 1 aliphatic heterocycles. The Morgan fingerprint density at radius 3 is 2.86 bits per heavy atom. The van der Waals surface area contributed by atoms with Crippen LogP contribution in [0.4, 0.5) is 5.82 Å². The number of ether oxygens (including phenoxy) is 1. The molecule has 0 saturated carbocycles. The molecular formula is C25H25N9O2. The number of amides is 1. The van der Waals surface area contributed by atoms with Crippen LogP contribution in [0.1, 0.15) is 29.1 Å². The summed E-state index contributed by atoms with van der Waals surface area (Å²) in [7, 11) is 1.88. The number of aromatic amines is 1. The number of pyridine rings is 1. The molecule has 11 heteroatoms. The van der Waals surface area contributed by atoms with Gasteiger partial charge in [0.05, 0.1) is 37.5 Å². The van der Waals surface area contributed by atoms with Gasteiger partial charge in [0, 0.05) is 37.3 Å². The van der Waals surface area contributed by atoms with E-state index in [1.54, 1.807) is 17.2 Å². The van der Waals surface area contributed by atoms with Crippen LogP contribution in [0.25, 0.3) is 33.1 Å². The normalized spacial score (nSPS) is 14.9. The fourth-order valence-corrected chi connectivity index (χ4v) is 4.57. The van der Waals surface area contributed by atoms with Crippen molar-refractivity contribution in [1.82, 2.24) is 39.6 Å². The first kappa shape index (κ1) is 22.1. The summed E-state index contributed by atoms with van der Waals surface area (Å²) in [5, 5.41) is 9.47. The molecule has 0 unspecified atom stereocenters. The van der Waals surface area contributed by atoms with Crippen LogP contribution >= 0.6 is 0 Å². The minimum Gasteiger partial charge on any atom is -0.378 e. The van der Waals surface area contributed by atoms with E-state index in [9.17, 15) is 4.79 Å². The summed E-state index contributed by atoms with van der Waals surface area (Å²) in [4.78, 5) is 36.4. The molecule has 36 heavy (non-hydrogen) atoms. The summed E-state index contributed by atoms with van der Waals surface area (Å²) in [6.45, 7) is 4.09. The van der Waals surface area contributed by atoms with Gasteiger partial charge < -0.3 is 19.9 Å². The molecule has 1 saturated heterocycles. The van der Waals surface area contributed by atoms with Crippen molar-refractivity contribution in [2.24, 2.45) is 7.05 Å². The van der Waals surface area contributed by atoms with E-state index in [1.165, 1.54) is 6.33 Å². The largest absolute Gasteiger partial charge is 0.378 e. The van der Waals surface area contributed by atoms with Crippen LogP contribution in [-0.4, -0.2) is 71.8 Å². The number of rotatable bonds is 5. The number of carbonyl (C=O) groups excluding carboxylic acids is 1. The number of aryl methyl sites for hydroxylation is 1. The van der Waals surface area contributed by atoms with Gasteiger partial charge >= 0.3 is 0 Å². The second-order valence-corrected chi connectivity index (χ2v) is 8.79. The third-order valence-corrected chi connectivity index (χ3v) is 6.41. The lowest BCUT2D eigenvalue weighted by atomic mass is 9.97. The summed E-state index contributed by atoms with van der Waals surface area (Å²) < 4.78 is 7.22. The highest BCUT2D eigenvalue weighted by Gasteiger charge is 2.25. The number of H-pyrrole nitrogens is 1. The van der Waals surface area contributed by atoms with E-state index in [0.29, 0.717) is 49.0 Å². The first-order chi connectivity index (χ1) is 17.6. The van der Waals surface area contributed by atoms with Crippen molar-refractivity contribution in [1.29, 1.82) is 0 Å². The smallest absolute Gasteiger partial charge is 0.273 e. The van der Waals surface area contributed by atoms with Gasteiger partial charge in [-0.05, 0) is 23.9 Å². The SMILES string of the molecule is C[C@H](Nc1ncnc2[nH]cnc12)c1cc2cccc(-c3cnn(C)c3)c2c(C(=O)N2CCOCC2)n1. The van der Waals surface area contributed by atoms with Gasteiger partial charge in [0.25, 0.3) is 5.91 Å². The molecule has 0 radical (unpaired) electrons. The molecular weight excluding hydrogens is 458 g/mol. The van der Waals surface area contributed by atoms with E-state index >= 15 is 0 Å². The highest BCUT2D eigenvalue weighted by atomic mass is 16.5. The van der Waals surface area contributed by atoms with Gasteiger partial charge in [0.2, 0.25) is 0 Å². The number of nitrogens with one attached hydrogen (secondary N) is 2. The fourth-order valence-electron chi connectivity index (χ4n) is 4.57. The first-order valence-electron chi connectivity index (χ1n) is 11.8. The van der Waals surface area contributed by atoms with Crippen molar-refractivity contribution >= 4 is 33.7 Å². The van der Waals surface area contributed by atoms with E-state index < -0.39 is 0 Å². The molecule has 4 aromatic heterocycles. The quantitative estimate of drug-likeness (QED) is 0.391. The number of carbonyl (C=O) groups is 1. The molecule has 182 valence electrons. The Hall–Kier alpha value is -4.38. The molecule has 6 rings (SSSR count). The number of hydrogen-bond acceptors (Lipinski definition) is 8. The van der Waals surface area contributed by atoms with Gasteiger partial charge in [-0.2, -0.15) is 5.10 Å². The Balaban J connectivity index is 1.47. The van der Waals surface area contributed by atoms with Crippen molar-refractivity contribution in [2.45, 2.75) is 13.0 Å². The van der Waals surface area contributed by atoms with Crippen LogP contribution < -0.4 is 5.32 Å². The van der Waals surface area contributed by atoms with E-state index in [-0.39, 0.29) is 11.9 Å². The van der Waals surface area contributed by atoms with Gasteiger partial charge in [-0.3, -0.25) is 9.48 Å². The van der Waals surface area contributed by atoms with Crippen molar-refractivity contribution in [3.63, 3.8) is 0 Å². The maximum absolute atomic E-state index is 13.8. The standard InChI is InChI=1S/C25H25N9O2/c1-15(31-24-22-23(27-13-26-22)28-14-29-24)19-10-16-4-3-5-18(17-11-30-33(2)12-17)20(16)21(32-19)25(35)34-6-8-36-9-7-34/h3-5,10-15H,6-9H2,1-2H3,(H2,26,27,28,29,31)/t15-/m0/s1. The maximum atomic E-state index is 13.8. The van der Waals surface area contributed by atoms with Gasteiger partial charge in [0.1, 0.15) is 17.5 Å². The lowest BCUT2D eigenvalue weighted by molar-refractivity contribution is 0.0300. The number of anilines is 1. The fraction of sp³-hybridized carbons (Fsp3) is 0.280. The predicted octanol–water partition coefficient (Wildman–Crippen LogP) is 2.95. The van der Waals surface area contributed by atoms with Gasteiger partial charge in [-0.15, -0.1) is 0 Å². The predicted molar refractivity (Wildman–Crippen MR) is 134 cm³/mol. The van der Waals surface area contributed by atoms with Crippen molar-refractivity contribution < 1.29 is 9.53 Å². The molecule has 1 atom stereocenters. The van der Waals surface area contributed by atoms with E-state index in [4.69, 9.17) is 9.72 Å². The average molecular weight is 484 g/mol. The summed E-state index contributed by atoms with van der Waals surface area (Å²) in [6, 6.07) is 7.79. The maximum Gasteiger partial charge on any atom is 0.273 e. The number of fused-ring (bicyclic) bond motifs is 2. The molecule has 1 aliphatic rings.